The van der Waals surface area contributed by atoms with Gasteiger partial charge in [-0.2, -0.15) is 5.26 Å². The average molecular weight is 285 g/mol. The number of rotatable bonds is 6. The topological polar surface area (TPSA) is 39.1 Å². The van der Waals surface area contributed by atoms with Crippen molar-refractivity contribution in [3.05, 3.63) is 29.3 Å². The van der Waals surface area contributed by atoms with Gasteiger partial charge in [0.05, 0.1) is 11.3 Å². The predicted octanol–water partition coefficient (Wildman–Crippen LogP) is 3.54. The molecule has 3 nitrogen and oxygen atoms in total. The first-order valence-corrected chi connectivity index (χ1v) is 8.12. The highest BCUT2D eigenvalue weighted by molar-refractivity contribution is 5.61. The lowest BCUT2D eigenvalue weighted by Crippen LogP contribution is -2.21. The first kappa shape index (κ1) is 15.9. The van der Waals surface area contributed by atoms with E-state index in [0.29, 0.717) is 5.92 Å². The van der Waals surface area contributed by atoms with E-state index in [1.54, 1.807) is 0 Å². The molecule has 0 spiro atoms. The van der Waals surface area contributed by atoms with Crippen LogP contribution in [0.4, 0.5) is 5.69 Å². The van der Waals surface area contributed by atoms with Gasteiger partial charge < -0.3 is 10.2 Å². The quantitative estimate of drug-likeness (QED) is 0.869. The normalized spacial score (nSPS) is 18.2. The SMILES string of the molecule is CCC1CCN(c2ccc(CNCC(C)C)cc2C#N)C1. The Morgan fingerprint density at radius 1 is 1.43 bits per heavy atom. The zero-order valence-electron chi connectivity index (χ0n) is 13.5. The van der Waals surface area contributed by atoms with Gasteiger partial charge in [-0.05, 0) is 42.5 Å². The summed E-state index contributed by atoms with van der Waals surface area (Å²) < 4.78 is 0. The van der Waals surface area contributed by atoms with Gasteiger partial charge in [0, 0.05) is 19.6 Å². The fourth-order valence-corrected chi connectivity index (χ4v) is 2.95. The van der Waals surface area contributed by atoms with E-state index in [-0.39, 0.29) is 0 Å². The Morgan fingerprint density at radius 2 is 2.24 bits per heavy atom. The van der Waals surface area contributed by atoms with E-state index in [4.69, 9.17) is 0 Å². The van der Waals surface area contributed by atoms with Gasteiger partial charge >= 0.3 is 0 Å². The predicted molar refractivity (Wildman–Crippen MR) is 88.3 cm³/mol. The Labute approximate surface area is 129 Å². The van der Waals surface area contributed by atoms with Crippen LogP contribution in [0.5, 0.6) is 0 Å². The van der Waals surface area contributed by atoms with Gasteiger partial charge in [0.15, 0.2) is 0 Å². The number of hydrogen-bond donors (Lipinski definition) is 1. The van der Waals surface area contributed by atoms with Gasteiger partial charge in [-0.1, -0.05) is 33.3 Å². The van der Waals surface area contributed by atoms with Gasteiger partial charge in [-0.3, -0.25) is 0 Å². The maximum Gasteiger partial charge on any atom is 0.101 e. The molecule has 1 unspecified atom stereocenters. The van der Waals surface area contributed by atoms with Crippen LogP contribution in [0, 0.1) is 23.2 Å². The second kappa shape index (κ2) is 7.47. The molecule has 1 N–H and O–H groups in total. The fraction of sp³-hybridized carbons (Fsp3) is 0.611. The molecule has 21 heavy (non-hydrogen) atoms. The van der Waals surface area contributed by atoms with E-state index in [9.17, 15) is 5.26 Å². The van der Waals surface area contributed by atoms with Crippen LogP contribution in [0.25, 0.3) is 0 Å². The lowest BCUT2D eigenvalue weighted by Gasteiger charge is -2.20. The first-order valence-electron chi connectivity index (χ1n) is 8.12. The standard InChI is InChI=1S/C18H27N3/c1-4-15-7-8-21(13-15)18-6-5-16(9-17(18)10-19)12-20-11-14(2)3/h5-6,9,14-15,20H,4,7-8,11-13H2,1-3H3. The molecule has 1 aromatic rings. The van der Waals surface area contributed by atoms with Crippen molar-refractivity contribution in [3.63, 3.8) is 0 Å². The third kappa shape index (κ3) is 4.22. The lowest BCUT2D eigenvalue weighted by atomic mass is 10.1. The molecular formula is C18H27N3. The Morgan fingerprint density at radius 3 is 2.86 bits per heavy atom. The van der Waals surface area contributed by atoms with Crippen LogP contribution in [0.15, 0.2) is 18.2 Å². The number of nitriles is 1. The summed E-state index contributed by atoms with van der Waals surface area (Å²) in [6.45, 7) is 10.7. The molecule has 0 saturated carbocycles. The lowest BCUT2D eigenvalue weighted by molar-refractivity contribution is 0.552. The van der Waals surface area contributed by atoms with Gasteiger partial charge in [0.2, 0.25) is 0 Å². The van der Waals surface area contributed by atoms with Crippen molar-refractivity contribution in [2.45, 2.75) is 40.2 Å². The van der Waals surface area contributed by atoms with E-state index < -0.39 is 0 Å². The molecule has 2 rings (SSSR count). The molecule has 0 aliphatic carbocycles. The molecule has 114 valence electrons. The minimum Gasteiger partial charge on any atom is -0.370 e. The van der Waals surface area contributed by atoms with E-state index in [1.807, 2.05) is 6.07 Å². The third-order valence-corrected chi connectivity index (χ3v) is 4.27. The van der Waals surface area contributed by atoms with Crippen molar-refractivity contribution in [3.8, 4) is 6.07 Å². The molecule has 3 heteroatoms. The maximum atomic E-state index is 9.44. The molecule has 1 heterocycles. The Hall–Kier alpha value is -1.53. The summed E-state index contributed by atoms with van der Waals surface area (Å²) in [6.07, 6.45) is 2.48. The molecular weight excluding hydrogens is 258 g/mol. The third-order valence-electron chi connectivity index (χ3n) is 4.27. The molecule has 0 aromatic heterocycles. The maximum absolute atomic E-state index is 9.44. The van der Waals surface area contributed by atoms with Crippen LogP contribution in [0.1, 0.15) is 44.7 Å². The smallest absolute Gasteiger partial charge is 0.101 e. The molecule has 0 amide bonds. The molecule has 0 radical (unpaired) electrons. The summed E-state index contributed by atoms with van der Waals surface area (Å²) >= 11 is 0. The molecule has 1 saturated heterocycles. The van der Waals surface area contributed by atoms with Gasteiger partial charge in [-0.25, -0.2) is 0 Å². The van der Waals surface area contributed by atoms with Crippen LogP contribution in [0.2, 0.25) is 0 Å². The van der Waals surface area contributed by atoms with Crippen molar-refractivity contribution < 1.29 is 0 Å². The van der Waals surface area contributed by atoms with Crippen LogP contribution >= 0.6 is 0 Å². The molecule has 1 fully saturated rings. The average Bonchev–Trinajstić information content (AvgIpc) is 2.95. The van der Waals surface area contributed by atoms with Gasteiger partial charge in [0.25, 0.3) is 0 Å². The van der Waals surface area contributed by atoms with Gasteiger partial charge in [-0.15, -0.1) is 0 Å². The van der Waals surface area contributed by atoms with Crippen molar-refractivity contribution >= 4 is 5.69 Å². The van der Waals surface area contributed by atoms with Crippen LogP contribution in [-0.4, -0.2) is 19.6 Å². The Balaban J connectivity index is 2.05. The summed E-state index contributed by atoms with van der Waals surface area (Å²) in [6, 6.07) is 8.70. The van der Waals surface area contributed by atoms with Crippen molar-refractivity contribution in [2.24, 2.45) is 11.8 Å². The first-order chi connectivity index (χ1) is 10.1. The largest absolute Gasteiger partial charge is 0.370 e. The van der Waals surface area contributed by atoms with Crippen molar-refractivity contribution in [1.29, 1.82) is 5.26 Å². The zero-order chi connectivity index (χ0) is 15.2. The number of nitrogens with one attached hydrogen (secondary N) is 1. The van der Waals surface area contributed by atoms with E-state index in [1.165, 1.54) is 18.4 Å². The highest BCUT2D eigenvalue weighted by Crippen LogP contribution is 2.28. The molecule has 1 aliphatic heterocycles. The van der Waals surface area contributed by atoms with Crippen LogP contribution in [-0.2, 0) is 6.54 Å². The summed E-state index contributed by atoms with van der Waals surface area (Å²) in [5, 5.41) is 12.9. The highest BCUT2D eigenvalue weighted by atomic mass is 15.2. The summed E-state index contributed by atoms with van der Waals surface area (Å²) in [5.41, 5.74) is 3.12. The molecule has 1 aliphatic rings. The number of benzene rings is 1. The monoisotopic (exact) mass is 285 g/mol. The van der Waals surface area contributed by atoms with E-state index in [0.717, 1.165) is 43.3 Å². The second-order valence-corrected chi connectivity index (χ2v) is 6.50. The Kier molecular flexibility index (Phi) is 5.64. The molecule has 0 bridgehead atoms. The van der Waals surface area contributed by atoms with Crippen molar-refractivity contribution in [1.82, 2.24) is 5.32 Å². The summed E-state index contributed by atoms with van der Waals surface area (Å²) in [7, 11) is 0. The minimum atomic E-state index is 0.648. The number of hydrogen-bond acceptors (Lipinski definition) is 3. The molecule has 1 atom stereocenters. The fourth-order valence-electron chi connectivity index (χ4n) is 2.95. The van der Waals surface area contributed by atoms with Gasteiger partial charge in [0.1, 0.15) is 6.07 Å². The summed E-state index contributed by atoms with van der Waals surface area (Å²) in [5.74, 6) is 1.43. The second-order valence-electron chi connectivity index (χ2n) is 6.50. The van der Waals surface area contributed by atoms with E-state index >= 15 is 0 Å². The number of anilines is 1. The summed E-state index contributed by atoms with van der Waals surface area (Å²) in [4.78, 5) is 2.37. The highest BCUT2D eigenvalue weighted by Gasteiger charge is 2.22. The number of nitrogens with zero attached hydrogens (tertiary/aromatic N) is 2. The Bertz CT molecular complexity index is 502. The van der Waals surface area contributed by atoms with Crippen molar-refractivity contribution in [2.75, 3.05) is 24.5 Å². The van der Waals surface area contributed by atoms with E-state index in [2.05, 4.69) is 49.2 Å². The van der Waals surface area contributed by atoms with Crippen LogP contribution in [0.3, 0.4) is 0 Å². The minimum absolute atomic E-state index is 0.648. The molecule has 1 aromatic carbocycles. The van der Waals surface area contributed by atoms with Crippen LogP contribution < -0.4 is 10.2 Å². The zero-order valence-corrected chi connectivity index (χ0v) is 13.5.